The predicted molar refractivity (Wildman–Crippen MR) is 69.0 cm³/mol. The zero-order chi connectivity index (χ0) is 13.6. The molecule has 0 radical (unpaired) electrons. The lowest BCUT2D eigenvalue weighted by atomic mass is 10.3. The summed E-state index contributed by atoms with van der Waals surface area (Å²) in [6, 6.07) is 3.30. The van der Waals surface area contributed by atoms with Crippen LogP contribution in [-0.4, -0.2) is 45.7 Å². The zero-order valence-corrected chi connectivity index (χ0v) is 11.0. The molecule has 18 heavy (non-hydrogen) atoms. The van der Waals surface area contributed by atoms with Gasteiger partial charge in [-0.15, -0.1) is 0 Å². The maximum absolute atomic E-state index is 11.3. The van der Waals surface area contributed by atoms with Gasteiger partial charge >= 0.3 is 0 Å². The predicted octanol–water partition coefficient (Wildman–Crippen LogP) is -0.598. The Bertz CT molecular complexity index is 516. The third kappa shape index (κ3) is 5.11. The number of pyridine rings is 1. The molecule has 0 aliphatic rings. The molecule has 1 heterocycles. The van der Waals surface area contributed by atoms with E-state index in [2.05, 4.69) is 20.3 Å². The number of carbonyl (C=O) groups is 1. The Labute approximate surface area is 106 Å². The first-order valence-electron chi connectivity index (χ1n) is 5.29. The molecule has 1 rings (SSSR count). The highest BCUT2D eigenvalue weighted by atomic mass is 32.2. The molecule has 0 aliphatic heterocycles. The first-order chi connectivity index (χ1) is 8.42. The van der Waals surface area contributed by atoms with Crippen LogP contribution in [0.3, 0.4) is 0 Å². The van der Waals surface area contributed by atoms with Crippen molar-refractivity contribution in [3.05, 3.63) is 24.0 Å². The molecule has 0 fully saturated rings. The van der Waals surface area contributed by atoms with E-state index in [-0.39, 0.29) is 12.5 Å². The van der Waals surface area contributed by atoms with Gasteiger partial charge < -0.3 is 10.6 Å². The lowest BCUT2D eigenvalue weighted by molar-refractivity contribution is 0.0958. The van der Waals surface area contributed by atoms with Crippen molar-refractivity contribution in [2.75, 3.05) is 31.7 Å². The monoisotopic (exact) mass is 272 g/mol. The van der Waals surface area contributed by atoms with E-state index >= 15 is 0 Å². The van der Waals surface area contributed by atoms with Crippen molar-refractivity contribution in [3.8, 4) is 0 Å². The van der Waals surface area contributed by atoms with Crippen molar-refractivity contribution in [2.45, 2.75) is 0 Å². The van der Waals surface area contributed by atoms with Crippen LogP contribution in [-0.2, 0) is 10.0 Å². The molecule has 100 valence electrons. The summed E-state index contributed by atoms with van der Waals surface area (Å²) in [7, 11) is -1.64. The fourth-order valence-corrected chi connectivity index (χ4v) is 1.71. The molecule has 7 nitrogen and oxygen atoms in total. The summed E-state index contributed by atoms with van der Waals surface area (Å²) in [6.07, 6.45) is 2.61. The molecule has 0 saturated heterocycles. The lowest BCUT2D eigenvalue weighted by Crippen LogP contribution is -2.27. The zero-order valence-electron chi connectivity index (χ0n) is 10.2. The minimum Gasteiger partial charge on any atom is -0.384 e. The normalized spacial score (nSPS) is 11.0. The highest BCUT2D eigenvalue weighted by Crippen LogP contribution is 2.07. The van der Waals surface area contributed by atoms with Crippen LogP contribution in [0.4, 0.5) is 5.69 Å². The Morgan fingerprint density at radius 3 is 2.72 bits per heavy atom. The SMILES string of the molecule is CNC(=O)c1cc(NCCNS(C)(=O)=O)ccn1. The molecule has 8 heteroatoms. The number of nitrogens with one attached hydrogen (secondary N) is 3. The molecule has 0 saturated carbocycles. The third-order valence-corrected chi connectivity index (χ3v) is 2.77. The minimum atomic E-state index is -3.17. The molecular formula is C10H16N4O3S. The van der Waals surface area contributed by atoms with Gasteiger partial charge in [-0.05, 0) is 12.1 Å². The molecule has 0 spiro atoms. The molecule has 1 amide bonds. The fourth-order valence-electron chi connectivity index (χ4n) is 1.24. The van der Waals surface area contributed by atoms with Gasteiger partial charge in [0.2, 0.25) is 10.0 Å². The van der Waals surface area contributed by atoms with Crippen LogP contribution in [0.1, 0.15) is 10.5 Å². The number of amides is 1. The van der Waals surface area contributed by atoms with Gasteiger partial charge in [0.25, 0.3) is 5.91 Å². The maximum Gasteiger partial charge on any atom is 0.269 e. The van der Waals surface area contributed by atoms with Crippen LogP contribution < -0.4 is 15.4 Å². The molecular weight excluding hydrogens is 256 g/mol. The van der Waals surface area contributed by atoms with Gasteiger partial charge in [-0.3, -0.25) is 9.78 Å². The number of carbonyl (C=O) groups excluding carboxylic acids is 1. The Balaban J connectivity index is 2.50. The fraction of sp³-hybridized carbons (Fsp3) is 0.400. The number of rotatable bonds is 6. The van der Waals surface area contributed by atoms with Gasteiger partial charge in [-0.25, -0.2) is 13.1 Å². The Hall–Kier alpha value is -1.67. The second-order valence-corrected chi connectivity index (χ2v) is 5.44. The number of nitrogens with zero attached hydrogens (tertiary/aromatic N) is 1. The second-order valence-electron chi connectivity index (χ2n) is 3.60. The quantitative estimate of drug-likeness (QED) is 0.601. The van der Waals surface area contributed by atoms with E-state index in [0.717, 1.165) is 6.26 Å². The number of hydrogen-bond acceptors (Lipinski definition) is 5. The van der Waals surface area contributed by atoms with Gasteiger partial charge in [0, 0.05) is 32.0 Å². The highest BCUT2D eigenvalue weighted by molar-refractivity contribution is 7.88. The standard InChI is InChI=1S/C10H16N4O3S/c1-11-10(15)9-7-8(3-4-13-9)12-5-6-14-18(2,16)17/h3-4,7,14H,5-6H2,1-2H3,(H,11,15)(H,12,13). The van der Waals surface area contributed by atoms with Crippen LogP contribution in [0, 0.1) is 0 Å². The van der Waals surface area contributed by atoms with Crippen molar-refractivity contribution < 1.29 is 13.2 Å². The lowest BCUT2D eigenvalue weighted by Gasteiger charge is -2.07. The molecule has 0 aliphatic carbocycles. The van der Waals surface area contributed by atoms with Crippen LogP contribution in [0.25, 0.3) is 0 Å². The van der Waals surface area contributed by atoms with E-state index in [9.17, 15) is 13.2 Å². The first kappa shape index (κ1) is 14.4. The molecule has 0 aromatic carbocycles. The minimum absolute atomic E-state index is 0.270. The van der Waals surface area contributed by atoms with Gasteiger partial charge in [0.1, 0.15) is 5.69 Å². The van der Waals surface area contributed by atoms with E-state index < -0.39 is 10.0 Å². The molecule has 1 aromatic heterocycles. The average molecular weight is 272 g/mol. The van der Waals surface area contributed by atoms with Gasteiger partial charge in [0.05, 0.1) is 6.26 Å². The van der Waals surface area contributed by atoms with Crippen molar-refractivity contribution in [1.29, 1.82) is 0 Å². The van der Waals surface area contributed by atoms with Crippen molar-refractivity contribution in [1.82, 2.24) is 15.0 Å². The van der Waals surface area contributed by atoms with Crippen LogP contribution in [0.5, 0.6) is 0 Å². The second kappa shape index (κ2) is 6.31. The van der Waals surface area contributed by atoms with E-state index in [4.69, 9.17) is 0 Å². The maximum atomic E-state index is 11.3. The van der Waals surface area contributed by atoms with E-state index in [0.29, 0.717) is 17.9 Å². The number of aromatic nitrogens is 1. The highest BCUT2D eigenvalue weighted by Gasteiger charge is 2.05. The summed E-state index contributed by atoms with van der Waals surface area (Å²) in [5.41, 5.74) is 1.01. The topological polar surface area (TPSA) is 100 Å². The van der Waals surface area contributed by atoms with Crippen molar-refractivity contribution in [2.24, 2.45) is 0 Å². The van der Waals surface area contributed by atoms with Gasteiger partial charge in [-0.1, -0.05) is 0 Å². The third-order valence-electron chi connectivity index (χ3n) is 2.04. The van der Waals surface area contributed by atoms with Crippen molar-refractivity contribution >= 4 is 21.6 Å². The summed E-state index contributed by atoms with van der Waals surface area (Å²) >= 11 is 0. The number of hydrogen-bond donors (Lipinski definition) is 3. The average Bonchev–Trinajstić information content (AvgIpc) is 2.33. The van der Waals surface area contributed by atoms with Gasteiger partial charge in [0.15, 0.2) is 0 Å². The largest absolute Gasteiger partial charge is 0.384 e. The van der Waals surface area contributed by atoms with Crippen LogP contribution >= 0.6 is 0 Å². The molecule has 1 aromatic rings. The summed E-state index contributed by atoms with van der Waals surface area (Å²) < 4.78 is 24.0. The van der Waals surface area contributed by atoms with E-state index in [1.54, 1.807) is 12.1 Å². The van der Waals surface area contributed by atoms with E-state index in [1.807, 2.05) is 0 Å². The molecule has 0 bridgehead atoms. The smallest absolute Gasteiger partial charge is 0.269 e. The summed E-state index contributed by atoms with van der Waals surface area (Å²) in [5.74, 6) is -0.270. The van der Waals surface area contributed by atoms with E-state index in [1.165, 1.54) is 13.2 Å². The van der Waals surface area contributed by atoms with Crippen LogP contribution in [0.15, 0.2) is 18.3 Å². The van der Waals surface area contributed by atoms with Crippen molar-refractivity contribution in [3.63, 3.8) is 0 Å². The Morgan fingerprint density at radius 1 is 1.39 bits per heavy atom. The Kier molecular flexibility index (Phi) is 5.05. The summed E-state index contributed by atoms with van der Waals surface area (Å²) in [5, 5.41) is 5.46. The molecule has 0 atom stereocenters. The summed E-state index contributed by atoms with van der Waals surface area (Å²) in [4.78, 5) is 15.2. The van der Waals surface area contributed by atoms with Gasteiger partial charge in [-0.2, -0.15) is 0 Å². The number of sulfonamides is 1. The first-order valence-corrected chi connectivity index (χ1v) is 7.18. The Morgan fingerprint density at radius 2 is 2.11 bits per heavy atom. The number of anilines is 1. The molecule has 3 N–H and O–H groups in total. The molecule has 0 unspecified atom stereocenters. The van der Waals surface area contributed by atoms with Crippen LogP contribution in [0.2, 0.25) is 0 Å². The summed E-state index contributed by atoms with van der Waals surface area (Å²) in [6.45, 7) is 0.695.